The van der Waals surface area contributed by atoms with Crippen molar-refractivity contribution in [1.29, 1.82) is 0 Å². The van der Waals surface area contributed by atoms with Crippen molar-refractivity contribution >= 4 is 29.5 Å². The fourth-order valence-electron chi connectivity index (χ4n) is 1.23. The highest BCUT2D eigenvalue weighted by molar-refractivity contribution is 9.10. The van der Waals surface area contributed by atoms with Gasteiger partial charge in [0.2, 0.25) is 0 Å². The molecule has 0 aromatic carbocycles. The van der Waals surface area contributed by atoms with E-state index in [-0.39, 0.29) is 13.6 Å². The van der Waals surface area contributed by atoms with Crippen LogP contribution in [0.1, 0.15) is 5.76 Å². The lowest BCUT2D eigenvalue weighted by Gasteiger charge is -2.13. The van der Waals surface area contributed by atoms with Crippen LogP contribution in [0.5, 0.6) is 0 Å². The van der Waals surface area contributed by atoms with E-state index in [0.717, 1.165) is 0 Å². The van der Waals surface area contributed by atoms with E-state index in [1.54, 1.807) is 19.2 Å². The maximum absolute atomic E-state index is 11.4. The molecule has 1 aromatic heterocycles. The molecule has 5 nitrogen and oxygen atoms in total. The third-order valence-electron chi connectivity index (χ3n) is 1.99. The summed E-state index contributed by atoms with van der Waals surface area (Å²) in [5.41, 5.74) is 0. The van der Waals surface area contributed by atoms with Gasteiger partial charge in [0.1, 0.15) is 11.8 Å². The monoisotopic (exact) mass is 289 g/mol. The van der Waals surface area contributed by atoms with Crippen molar-refractivity contribution in [2.45, 2.75) is 12.5 Å². The fraction of sp³-hybridized carbons (Fsp3) is 0.444. The van der Waals surface area contributed by atoms with E-state index in [1.807, 2.05) is 0 Å². The van der Waals surface area contributed by atoms with Crippen LogP contribution in [0.3, 0.4) is 0 Å². The van der Waals surface area contributed by atoms with Crippen molar-refractivity contribution in [1.82, 2.24) is 5.23 Å². The first-order chi connectivity index (χ1) is 7.67. The van der Waals surface area contributed by atoms with E-state index in [1.165, 1.54) is 7.11 Å². The molecular formula is C9H13BBrNO4. The molecule has 1 rings (SSSR count). The van der Waals surface area contributed by atoms with Gasteiger partial charge in [0.05, 0.1) is 7.11 Å². The van der Waals surface area contributed by atoms with Crippen molar-refractivity contribution < 1.29 is 18.6 Å². The maximum atomic E-state index is 11.4. The zero-order chi connectivity index (χ0) is 12.0. The Bertz CT molecular complexity index is 344. The number of furan rings is 1. The number of halogens is 1. The molecule has 1 atom stereocenters. The topological polar surface area (TPSA) is 60.7 Å². The first kappa shape index (κ1) is 13.3. The van der Waals surface area contributed by atoms with Crippen LogP contribution >= 0.6 is 15.9 Å². The second-order valence-electron chi connectivity index (χ2n) is 3.12. The fourth-order valence-corrected chi connectivity index (χ4v) is 1.57. The van der Waals surface area contributed by atoms with Crippen LogP contribution < -0.4 is 5.23 Å². The van der Waals surface area contributed by atoms with Gasteiger partial charge < -0.3 is 19.0 Å². The lowest BCUT2D eigenvalue weighted by molar-refractivity contribution is -0.142. The summed E-state index contributed by atoms with van der Waals surface area (Å²) in [5.74, 6) is 0.357. The van der Waals surface area contributed by atoms with Gasteiger partial charge in [0, 0.05) is 13.5 Å². The molecule has 1 aromatic rings. The molecule has 0 unspecified atom stereocenters. The predicted octanol–water partition coefficient (Wildman–Crippen LogP) is 0.629. The molecule has 0 fully saturated rings. The molecule has 0 saturated heterocycles. The largest absolute Gasteiger partial charge is 0.468 e. The average Bonchev–Trinajstić information content (AvgIpc) is 2.69. The molecule has 0 aliphatic carbocycles. The number of carbonyl (C=O) groups excluding carboxylic acids is 1. The molecule has 1 N–H and O–H groups in total. The molecule has 88 valence electrons. The summed E-state index contributed by atoms with van der Waals surface area (Å²) in [6.45, 7) is 0. The van der Waals surface area contributed by atoms with Crippen molar-refractivity contribution in [3.63, 3.8) is 0 Å². The molecule has 0 aliphatic heterocycles. The van der Waals surface area contributed by atoms with Gasteiger partial charge in [0.25, 0.3) is 0 Å². The SMILES string of the molecule is COBN[C@@H](Cc1ccc(Br)o1)C(=O)OC. The molecule has 7 heteroatoms. The predicted molar refractivity (Wildman–Crippen MR) is 63.2 cm³/mol. The number of esters is 1. The number of hydrogen-bond acceptors (Lipinski definition) is 5. The summed E-state index contributed by atoms with van der Waals surface area (Å²) < 4.78 is 15.5. The lowest BCUT2D eigenvalue weighted by Crippen LogP contribution is -2.42. The van der Waals surface area contributed by atoms with E-state index < -0.39 is 6.04 Å². The summed E-state index contributed by atoms with van der Waals surface area (Å²) in [4.78, 5) is 11.4. The highest BCUT2D eigenvalue weighted by Crippen LogP contribution is 2.15. The van der Waals surface area contributed by atoms with Crippen molar-refractivity contribution in [2.75, 3.05) is 14.2 Å². The molecule has 0 saturated carbocycles. The van der Waals surface area contributed by atoms with Gasteiger partial charge in [-0.3, -0.25) is 4.79 Å². The highest BCUT2D eigenvalue weighted by Gasteiger charge is 2.20. The quantitative estimate of drug-likeness (QED) is 0.615. The molecule has 0 bridgehead atoms. The Hall–Kier alpha value is -0.785. The number of ether oxygens (including phenoxy) is 1. The first-order valence-electron chi connectivity index (χ1n) is 4.71. The second-order valence-corrected chi connectivity index (χ2v) is 3.90. The van der Waals surface area contributed by atoms with Crippen LogP contribution in [0.15, 0.2) is 21.2 Å². The number of methoxy groups -OCH3 is 1. The van der Waals surface area contributed by atoms with Crippen LogP contribution in [-0.4, -0.2) is 33.8 Å². The Kier molecular flexibility index (Phi) is 5.58. The van der Waals surface area contributed by atoms with Crippen molar-refractivity contribution in [3.8, 4) is 0 Å². The van der Waals surface area contributed by atoms with Gasteiger partial charge in [-0.2, -0.15) is 0 Å². The summed E-state index contributed by atoms with van der Waals surface area (Å²) in [6, 6.07) is 3.11. The zero-order valence-electron chi connectivity index (χ0n) is 9.16. The lowest BCUT2D eigenvalue weighted by atomic mass is 10.1. The zero-order valence-corrected chi connectivity index (χ0v) is 10.7. The standard InChI is InChI=1S/C9H13BBrNO4/c1-14-9(13)7(12-10-15-2)5-6-3-4-8(11)16-6/h3-4,7,10,12H,5H2,1-2H3/t7-/m0/s1. The molecule has 16 heavy (non-hydrogen) atoms. The molecular weight excluding hydrogens is 277 g/mol. The molecule has 0 spiro atoms. The van der Waals surface area contributed by atoms with Gasteiger partial charge in [-0.15, -0.1) is 0 Å². The third kappa shape index (κ3) is 4.00. The normalized spacial score (nSPS) is 12.2. The van der Waals surface area contributed by atoms with Gasteiger partial charge in [-0.1, -0.05) is 0 Å². The molecule has 1 heterocycles. The summed E-state index contributed by atoms with van der Waals surface area (Å²) in [6.07, 6.45) is 0.418. The van der Waals surface area contributed by atoms with Crippen LogP contribution in [0, 0.1) is 0 Å². The van der Waals surface area contributed by atoms with Crippen molar-refractivity contribution in [2.24, 2.45) is 0 Å². The summed E-state index contributed by atoms with van der Waals surface area (Å²) in [5, 5.41) is 2.91. The van der Waals surface area contributed by atoms with E-state index in [4.69, 9.17) is 9.07 Å². The Balaban J connectivity index is 2.59. The number of nitrogens with one attached hydrogen (secondary N) is 1. The van der Waals surface area contributed by atoms with E-state index in [2.05, 4.69) is 25.9 Å². The smallest absolute Gasteiger partial charge is 0.361 e. The average molecular weight is 290 g/mol. The van der Waals surface area contributed by atoms with E-state index >= 15 is 0 Å². The van der Waals surface area contributed by atoms with Gasteiger partial charge in [-0.25, -0.2) is 0 Å². The summed E-state index contributed by atoms with van der Waals surface area (Å²) >= 11 is 3.20. The van der Waals surface area contributed by atoms with E-state index in [0.29, 0.717) is 16.9 Å². The van der Waals surface area contributed by atoms with Gasteiger partial charge in [-0.05, 0) is 28.1 Å². The third-order valence-corrected chi connectivity index (χ3v) is 2.42. The Morgan fingerprint density at radius 3 is 2.88 bits per heavy atom. The minimum absolute atomic E-state index is 0.279. The van der Waals surface area contributed by atoms with Crippen LogP contribution in [-0.2, 0) is 20.6 Å². The Labute approximate surface area is 103 Å². The minimum Gasteiger partial charge on any atom is -0.468 e. The van der Waals surface area contributed by atoms with Crippen LogP contribution in [0.25, 0.3) is 0 Å². The van der Waals surface area contributed by atoms with Crippen LogP contribution in [0.2, 0.25) is 0 Å². The van der Waals surface area contributed by atoms with Gasteiger partial charge in [0.15, 0.2) is 4.67 Å². The Morgan fingerprint density at radius 2 is 2.38 bits per heavy atom. The first-order valence-corrected chi connectivity index (χ1v) is 5.51. The minimum atomic E-state index is -0.469. The highest BCUT2D eigenvalue weighted by atomic mass is 79.9. The number of rotatable bonds is 6. The van der Waals surface area contributed by atoms with Crippen molar-refractivity contribution in [3.05, 3.63) is 22.6 Å². The summed E-state index contributed by atoms with van der Waals surface area (Å²) in [7, 11) is 3.17. The Morgan fingerprint density at radius 1 is 1.62 bits per heavy atom. The molecule has 0 aliphatic rings. The second kappa shape index (κ2) is 6.72. The van der Waals surface area contributed by atoms with E-state index in [9.17, 15) is 4.79 Å². The van der Waals surface area contributed by atoms with Crippen LogP contribution in [0.4, 0.5) is 0 Å². The molecule has 0 radical (unpaired) electrons. The number of hydrogen-bond donors (Lipinski definition) is 1. The molecule has 0 amide bonds. The maximum Gasteiger partial charge on any atom is 0.361 e. The van der Waals surface area contributed by atoms with Gasteiger partial charge >= 0.3 is 13.6 Å². The number of carbonyl (C=O) groups is 1.